The number of carbonyl (C=O) groups excluding carboxylic acids is 1. The Morgan fingerprint density at radius 2 is 2.07 bits per heavy atom. The SMILES string of the molecule is CC(F)(F)CC(=O)NC1CCNCC1. The van der Waals surface area contributed by atoms with Crippen LogP contribution in [0.3, 0.4) is 0 Å². The fraction of sp³-hybridized carbons (Fsp3) is 0.889. The zero-order valence-corrected chi connectivity index (χ0v) is 8.28. The van der Waals surface area contributed by atoms with Gasteiger partial charge in [0, 0.05) is 6.04 Å². The largest absolute Gasteiger partial charge is 0.353 e. The van der Waals surface area contributed by atoms with E-state index in [1.807, 2.05) is 0 Å². The predicted molar refractivity (Wildman–Crippen MR) is 49.3 cm³/mol. The molecule has 1 amide bonds. The number of piperidine rings is 1. The van der Waals surface area contributed by atoms with Crippen molar-refractivity contribution in [2.75, 3.05) is 13.1 Å². The standard InChI is InChI=1S/C9H16F2N2O/c1-9(10,11)6-8(14)13-7-2-4-12-5-3-7/h7,12H,2-6H2,1H3,(H,13,14). The second-order valence-corrected chi connectivity index (χ2v) is 3.84. The molecule has 2 N–H and O–H groups in total. The first-order valence-corrected chi connectivity index (χ1v) is 4.85. The highest BCUT2D eigenvalue weighted by atomic mass is 19.3. The van der Waals surface area contributed by atoms with Crippen LogP contribution < -0.4 is 10.6 Å². The molecule has 1 saturated heterocycles. The molecule has 5 heteroatoms. The number of hydrogen-bond acceptors (Lipinski definition) is 2. The lowest BCUT2D eigenvalue weighted by atomic mass is 10.1. The normalized spacial score (nSPS) is 19.4. The third-order valence-electron chi connectivity index (χ3n) is 2.18. The van der Waals surface area contributed by atoms with Gasteiger partial charge in [0.05, 0.1) is 6.42 Å². The maximum atomic E-state index is 12.5. The van der Waals surface area contributed by atoms with Gasteiger partial charge in [-0.2, -0.15) is 0 Å². The molecule has 3 nitrogen and oxygen atoms in total. The van der Waals surface area contributed by atoms with Gasteiger partial charge in [-0.25, -0.2) is 8.78 Å². The average Bonchev–Trinajstić information content (AvgIpc) is 2.02. The molecule has 0 atom stereocenters. The van der Waals surface area contributed by atoms with Crippen LogP contribution in [0, 0.1) is 0 Å². The molecule has 0 saturated carbocycles. The van der Waals surface area contributed by atoms with Crippen LogP contribution in [0.15, 0.2) is 0 Å². The van der Waals surface area contributed by atoms with Crippen molar-refractivity contribution in [2.45, 2.75) is 38.2 Å². The van der Waals surface area contributed by atoms with Crippen molar-refractivity contribution in [1.82, 2.24) is 10.6 Å². The van der Waals surface area contributed by atoms with Crippen molar-refractivity contribution in [3.05, 3.63) is 0 Å². The Labute approximate surface area is 82.2 Å². The monoisotopic (exact) mass is 206 g/mol. The topological polar surface area (TPSA) is 41.1 Å². The molecule has 1 rings (SSSR count). The van der Waals surface area contributed by atoms with E-state index in [0.29, 0.717) is 0 Å². The van der Waals surface area contributed by atoms with E-state index >= 15 is 0 Å². The first-order chi connectivity index (χ1) is 6.47. The Bertz CT molecular complexity index is 197. The van der Waals surface area contributed by atoms with E-state index in [1.54, 1.807) is 0 Å². The van der Waals surface area contributed by atoms with Gasteiger partial charge in [-0.05, 0) is 32.9 Å². The second kappa shape index (κ2) is 4.68. The summed E-state index contributed by atoms with van der Waals surface area (Å²) < 4.78 is 24.9. The summed E-state index contributed by atoms with van der Waals surface area (Å²) in [5.41, 5.74) is 0. The summed E-state index contributed by atoms with van der Waals surface area (Å²) in [4.78, 5) is 11.1. The zero-order valence-electron chi connectivity index (χ0n) is 8.28. The molecule has 0 aliphatic carbocycles. The summed E-state index contributed by atoms with van der Waals surface area (Å²) in [7, 11) is 0. The van der Waals surface area contributed by atoms with E-state index in [2.05, 4.69) is 10.6 Å². The van der Waals surface area contributed by atoms with Gasteiger partial charge in [-0.1, -0.05) is 0 Å². The molecule has 14 heavy (non-hydrogen) atoms. The van der Waals surface area contributed by atoms with Crippen molar-refractivity contribution in [3.63, 3.8) is 0 Å². The summed E-state index contributed by atoms with van der Waals surface area (Å²) >= 11 is 0. The van der Waals surface area contributed by atoms with E-state index < -0.39 is 18.3 Å². The highest BCUT2D eigenvalue weighted by molar-refractivity contribution is 5.77. The van der Waals surface area contributed by atoms with Gasteiger partial charge in [0.1, 0.15) is 0 Å². The smallest absolute Gasteiger partial charge is 0.254 e. The molecular weight excluding hydrogens is 190 g/mol. The van der Waals surface area contributed by atoms with Crippen LogP contribution in [0.25, 0.3) is 0 Å². The second-order valence-electron chi connectivity index (χ2n) is 3.84. The highest BCUT2D eigenvalue weighted by Gasteiger charge is 2.26. The number of rotatable bonds is 3. The fourth-order valence-corrected chi connectivity index (χ4v) is 1.53. The molecule has 0 aromatic heterocycles. The van der Waals surface area contributed by atoms with Crippen molar-refractivity contribution >= 4 is 5.91 Å². The minimum absolute atomic E-state index is 0.0612. The lowest BCUT2D eigenvalue weighted by Gasteiger charge is -2.24. The molecule has 0 aromatic rings. The first kappa shape index (κ1) is 11.4. The van der Waals surface area contributed by atoms with E-state index in [9.17, 15) is 13.6 Å². The van der Waals surface area contributed by atoms with Gasteiger partial charge in [-0.3, -0.25) is 4.79 Å². The minimum atomic E-state index is -2.91. The van der Waals surface area contributed by atoms with Crippen LogP contribution in [0.1, 0.15) is 26.2 Å². The Morgan fingerprint density at radius 1 is 1.50 bits per heavy atom. The van der Waals surface area contributed by atoms with Gasteiger partial charge >= 0.3 is 0 Å². The molecule has 0 radical (unpaired) electrons. The Hall–Kier alpha value is -0.710. The van der Waals surface area contributed by atoms with Crippen LogP contribution in [-0.4, -0.2) is 31.0 Å². The fourth-order valence-electron chi connectivity index (χ4n) is 1.53. The Kier molecular flexibility index (Phi) is 3.80. The third kappa shape index (κ3) is 4.50. The van der Waals surface area contributed by atoms with Gasteiger partial charge < -0.3 is 10.6 Å². The lowest BCUT2D eigenvalue weighted by Crippen LogP contribution is -2.43. The quantitative estimate of drug-likeness (QED) is 0.720. The van der Waals surface area contributed by atoms with Gasteiger partial charge in [0.25, 0.3) is 5.92 Å². The number of nitrogens with one attached hydrogen (secondary N) is 2. The van der Waals surface area contributed by atoms with Crippen LogP contribution in [0.4, 0.5) is 8.78 Å². The van der Waals surface area contributed by atoms with Crippen molar-refractivity contribution in [1.29, 1.82) is 0 Å². The zero-order chi connectivity index (χ0) is 10.6. The maximum absolute atomic E-state index is 12.5. The number of carbonyl (C=O) groups is 1. The van der Waals surface area contributed by atoms with Crippen LogP contribution >= 0.6 is 0 Å². The van der Waals surface area contributed by atoms with Gasteiger partial charge in [0.15, 0.2) is 0 Å². The van der Waals surface area contributed by atoms with Crippen molar-refractivity contribution < 1.29 is 13.6 Å². The molecule has 0 spiro atoms. The molecule has 0 aromatic carbocycles. The first-order valence-electron chi connectivity index (χ1n) is 4.85. The number of halogens is 2. The third-order valence-corrected chi connectivity index (χ3v) is 2.18. The molecular formula is C9H16F2N2O. The van der Waals surface area contributed by atoms with Crippen LogP contribution in [-0.2, 0) is 4.79 Å². The molecule has 1 aliphatic heterocycles. The minimum Gasteiger partial charge on any atom is -0.353 e. The summed E-state index contributed by atoms with van der Waals surface area (Å²) in [6, 6.07) is 0.0612. The van der Waals surface area contributed by atoms with E-state index in [1.165, 1.54) is 0 Å². The highest BCUT2D eigenvalue weighted by Crippen LogP contribution is 2.16. The summed E-state index contributed by atoms with van der Waals surface area (Å²) in [5, 5.41) is 5.75. The average molecular weight is 206 g/mol. The Morgan fingerprint density at radius 3 is 2.57 bits per heavy atom. The lowest BCUT2D eigenvalue weighted by molar-refractivity contribution is -0.128. The van der Waals surface area contributed by atoms with E-state index in [-0.39, 0.29) is 6.04 Å². The van der Waals surface area contributed by atoms with Crippen LogP contribution in [0.5, 0.6) is 0 Å². The van der Waals surface area contributed by atoms with E-state index in [0.717, 1.165) is 32.9 Å². The maximum Gasteiger partial charge on any atom is 0.254 e. The predicted octanol–water partition coefficient (Wildman–Crippen LogP) is 0.900. The van der Waals surface area contributed by atoms with Gasteiger partial charge in [0.2, 0.25) is 5.91 Å². The van der Waals surface area contributed by atoms with Gasteiger partial charge in [-0.15, -0.1) is 0 Å². The Balaban J connectivity index is 2.25. The van der Waals surface area contributed by atoms with E-state index in [4.69, 9.17) is 0 Å². The van der Waals surface area contributed by atoms with Crippen LogP contribution in [0.2, 0.25) is 0 Å². The van der Waals surface area contributed by atoms with Crippen molar-refractivity contribution in [3.8, 4) is 0 Å². The molecule has 1 fully saturated rings. The summed E-state index contributed by atoms with van der Waals surface area (Å²) in [5.74, 6) is -3.46. The van der Waals surface area contributed by atoms with Crippen molar-refractivity contribution in [2.24, 2.45) is 0 Å². The molecule has 0 unspecified atom stereocenters. The molecule has 1 aliphatic rings. The number of hydrogen-bond donors (Lipinski definition) is 2. The molecule has 82 valence electrons. The molecule has 1 heterocycles. The summed E-state index contributed by atoms with van der Waals surface area (Å²) in [6.45, 7) is 2.44. The summed E-state index contributed by atoms with van der Waals surface area (Å²) in [6.07, 6.45) is 0.930. The number of alkyl halides is 2. The number of amides is 1. The molecule has 0 bridgehead atoms.